The molecule has 0 unspecified atom stereocenters. The second-order valence-corrected chi connectivity index (χ2v) is 2.81. The van der Waals surface area contributed by atoms with Crippen LogP contribution < -0.4 is 5.32 Å². The van der Waals surface area contributed by atoms with Gasteiger partial charge in [0.25, 0.3) is 0 Å². The van der Waals surface area contributed by atoms with Crippen LogP contribution in [-0.2, 0) is 4.79 Å². The van der Waals surface area contributed by atoms with E-state index in [0.717, 1.165) is 19.4 Å². The minimum absolute atomic E-state index is 0.398. The van der Waals surface area contributed by atoms with Crippen molar-refractivity contribution in [1.82, 2.24) is 5.32 Å². The zero-order chi connectivity index (χ0) is 10.5. The second-order valence-electron chi connectivity index (χ2n) is 2.81. The molecule has 0 spiro atoms. The van der Waals surface area contributed by atoms with E-state index in [1.807, 2.05) is 14.0 Å². The zero-order valence-electron chi connectivity index (χ0n) is 9.07. The minimum Gasteiger partial charge on any atom is -0.320 e. The molecule has 0 saturated heterocycles. The quantitative estimate of drug-likeness (QED) is 0.488. The molecule has 0 rings (SSSR count). The van der Waals surface area contributed by atoms with E-state index >= 15 is 0 Å². The summed E-state index contributed by atoms with van der Waals surface area (Å²) >= 11 is 0. The van der Waals surface area contributed by atoms with Gasteiger partial charge in [-0.3, -0.25) is 4.79 Å². The van der Waals surface area contributed by atoms with Crippen LogP contribution >= 0.6 is 0 Å². The van der Waals surface area contributed by atoms with E-state index in [2.05, 4.69) is 18.5 Å². The first kappa shape index (κ1) is 14.9. The van der Waals surface area contributed by atoms with E-state index in [0.29, 0.717) is 12.2 Å². The van der Waals surface area contributed by atoms with Gasteiger partial charge in [0.05, 0.1) is 0 Å². The van der Waals surface area contributed by atoms with Gasteiger partial charge < -0.3 is 5.32 Å². The van der Waals surface area contributed by atoms with Crippen LogP contribution in [0.3, 0.4) is 0 Å². The Balaban J connectivity index is 0. The fraction of sp³-hybridized carbons (Fsp3) is 0.727. The van der Waals surface area contributed by atoms with Crippen LogP contribution in [0.2, 0.25) is 0 Å². The van der Waals surface area contributed by atoms with Gasteiger partial charge in [0.1, 0.15) is 5.78 Å². The summed E-state index contributed by atoms with van der Waals surface area (Å²) in [6.07, 6.45) is 4.90. The average Bonchev–Trinajstić information content (AvgIpc) is 2.20. The number of hydrogen-bond acceptors (Lipinski definition) is 2. The first-order chi connectivity index (χ1) is 6.31. The Morgan fingerprint density at radius 2 is 1.85 bits per heavy atom. The highest BCUT2D eigenvalue weighted by Crippen LogP contribution is 2.00. The number of rotatable bonds is 7. The van der Waals surface area contributed by atoms with Crippen LogP contribution in [0.1, 0.15) is 39.0 Å². The van der Waals surface area contributed by atoms with Crippen molar-refractivity contribution in [2.45, 2.75) is 39.0 Å². The fourth-order valence-electron chi connectivity index (χ4n) is 0.977. The Bertz CT molecular complexity index is 113. The van der Waals surface area contributed by atoms with Crippen molar-refractivity contribution in [1.29, 1.82) is 0 Å². The number of Topliss-reactive ketones (excluding diaryl/α,β-unsaturated/α-hetero) is 1. The summed E-state index contributed by atoms with van der Waals surface area (Å²) in [4.78, 5) is 10.8. The smallest absolute Gasteiger partial charge is 0.132 e. The molecule has 2 nitrogen and oxygen atoms in total. The second kappa shape index (κ2) is 13.9. The Morgan fingerprint density at radius 3 is 2.31 bits per heavy atom. The van der Waals surface area contributed by atoms with Crippen LogP contribution in [0.15, 0.2) is 13.2 Å². The average molecular weight is 185 g/mol. The van der Waals surface area contributed by atoms with Gasteiger partial charge >= 0.3 is 0 Å². The van der Waals surface area contributed by atoms with Gasteiger partial charge in [0.15, 0.2) is 0 Å². The summed E-state index contributed by atoms with van der Waals surface area (Å²) in [5.41, 5.74) is 0. The third-order valence-corrected chi connectivity index (χ3v) is 1.78. The largest absolute Gasteiger partial charge is 0.320 e. The first-order valence-corrected chi connectivity index (χ1v) is 4.97. The van der Waals surface area contributed by atoms with Crippen LogP contribution in [0.4, 0.5) is 0 Å². The Morgan fingerprint density at radius 1 is 1.23 bits per heavy atom. The molecule has 0 fully saturated rings. The summed E-state index contributed by atoms with van der Waals surface area (Å²) < 4.78 is 0. The topological polar surface area (TPSA) is 29.1 Å². The monoisotopic (exact) mass is 185 g/mol. The number of nitrogens with one attached hydrogen (secondary N) is 1. The molecule has 0 aromatic carbocycles. The van der Waals surface area contributed by atoms with Crippen molar-refractivity contribution < 1.29 is 4.79 Å². The highest BCUT2D eigenvalue weighted by Gasteiger charge is 1.96. The summed E-state index contributed by atoms with van der Waals surface area (Å²) in [6.45, 7) is 9.00. The molecular formula is C11H23NO. The molecule has 13 heavy (non-hydrogen) atoms. The maximum atomic E-state index is 10.8. The summed E-state index contributed by atoms with van der Waals surface area (Å²) in [5.74, 6) is 0.398. The zero-order valence-corrected chi connectivity index (χ0v) is 9.07. The van der Waals surface area contributed by atoms with E-state index in [1.165, 1.54) is 12.8 Å². The van der Waals surface area contributed by atoms with Crippen LogP contribution in [-0.4, -0.2) is 19.4 Å². The highest BCUT2D eigenvalue weighted by atomic mass is 16.1. The summed E-state index contributed by atoms with van der Waals surface area (Å²) in [5, 5.41) is 3.08. The molecule has 78 valence electrons. The summed E-state index contributed by atoms with van der Waals surface area (Å²) in [6, 6.07) is 0. The van der Waals surface area contributed by atoms with Gasteiger partial charge in [-0.15, -0.1) is 13.2 Å². The molecule has 0 atom stereocenters. The van der Waals surface area contributed by atoms with Crippen LogP contribution in [0, 0.1) is 0 Å². The molecular weight excluding hydrogens is 162 g/mol. The summed E-state index contributed by atoms with van der Waals surface area (Å²) in [7, 11) is 1.96. The van der Waals surface area contributed by atoms with Crippen molar-refractivity contribution in [2.24, 2.45) is 0 Å². The van der Waals surface area contributed by atoms with Gasteiger partial charge in [-0.2, -0.15) is 0 Å². The SMILES string of the molecule is C=C.CCC(=O)CCCCCNC. The lowest BCUT2D eigenvalue weighted by molar-refractivity contribution is -0.118. The third-order valence-electron chi connectivity index (χ3n) is 1.78. The molecule has 0 amide bonds. The third kappa shape index (κ3) is 14.2. The van der Waals surface area contributed by atoms with Crippen LogP contribution in [0.5, 0.6) is 0 Å². The minimum atomic E-state index is 0.398. The van der Waals surface area contributed by atoms with Crippen LogP contribution in [0.25, 0.3) is 0 Å². The van der Waals surface area contributed by atoms with E-state index in [-0.39, 0.29) is 0 Å². The predicted octanol–water partition coefficient (Wildman–Crippen LogP) is 2.55. The highest BCUT2D eigenvalue weighted by molar-refractivity contribution is 5.77. The molecule has 0 bridgehead atoms. The predicted molar refractivity (Wildman–Crippen MR) is 58.9 cm³/mol. The molecule has 0 heterocycles. The molecule has 0 saturated carbocycles. The Kier molecular flexibility index (Phi) is 15.9. The van der Waals surface area contributed by atoms with Gasteiger partial charge in [0.2, 0.25) is 0 Å². The van der Waals surface area contributed by atoms with Gasteiger partial charge in [-0.1, -0.05) is 13.3 Å². The number of unbranched alkanes of at least 4 members (excludes halogenated alkanes) is 2. The lowest BCUT2D eigenvalue weighted by Gasteiger charge is -1.98. The van der Waals surface area contributed by atoms with Crippen molar-refractivity contribution in [3.63, 3.8) is 0 Å². The first-order valence-electron chi connectivity index (χ1n) is 4.97. The van der Waals surface area contributed by atoms with Crippen molar-refractivity contribution >= 4 is 5.78 Å². The van der Waals surface area contributed by atoms with Crippen molar-refractivity contribution in [2.75, 3.05) is 13.6 Å². The normalized spacial score (nSPS) is 8.77. The molecule has 0 aromatic rings. The standard InChI is InChI=1S/C9H19NO.C2H4/c1-3-9(11)7-5-4-6-8-10-2;1-2/h10H,3-8H2,1-2H3;1-2H2. The lowest BCUT2D eigenvalue weighted by atomic mass is 10.1. The molecule has 0 aliphatic carbocycles. The van der Waals surface area contributed by atoms with E-state index in [1.54, 1.807) is 0 Å². The maximum Gasteiger partial charge on any atom is 0.132 e. The van der Waals surface area contributed by atoms with Gasteiger partial charge in [-0.05, 0) is 26.4 Å². The number of ketones is 1. The number of carbonyl (C=O) groups excluding carboxylic acids is 1. The Labute approximate surface area is 82.4 Å². The van der Waals surface area contributed by atoms with Crippen molar-refractivity contribution in [3.05, 3.63) is 13.2 Å². The maximum absolute atomic E-state index is 10.8. The molecule has 0 aromatic heterocycles. The molecule has 2 heteroatoms. The molecule has 0 aliphatic rings. The van der Waals surface area contributed by atoms with Gasteiger partial charge in [0, 0.05) is 12.8 Å². The van der Waals surface area contributed by atoms with E-state index in [4.69, 9.17) is 0 Å². The fourth-order valence-corrected chi connectivity index (χ4v) is 0.977. The lowest BCUT2D eigenvalue weighted by Crippen LogP contribution is -2.07. The number of carbonyl (C=O) groups is 1. The Hall–Kier alpha value is -0.630. The molecule has 0 radical (unpaired) electrons. The van der Waals surface area contributed by atoms with Crippen molar-refractivity contribution in [3.8, 4) is 0 Å². The molecule has 0 aliphatic heterocycles. The molecule has 1 N–H and O–H groups in total. The van der Waals surface area contributed by atoms with Gasteiger partial charge in [-0.25, -0.2) is 0 Å². The number of hydrogen-bond donors (Lipinski definition) is 1. The van der Waals surface area contributed by atoms with E-state index in [9.17, 15) is 4.79 Å². The van der Waals surface area contributed by atoms with E-state index < -0.39 is 0 Å².